The first kappa shape index (κ1) is 12.2. The summed E-state index contributed by atoms with van der Waals surface area (Å²) in [5, 5.41) is 0. The number of hydrogen-bond acceptors (Lipinski definition) is 0. The molecule has 0 saturated carbocycles. The first-order chi connectivity index (χ1) is 6.63. The number of halogens is 5. The van der Waals surface area contributed by atoms with E-state index in [0.717, 1.165) is 13.0 Å². The fraction of sp³-hybridized carbons (Fsp3) is 0.600. The maximum Gasteiger partial charge on any atom is 0.454 e. The van der Waals surface area contributed by atoms with Gasteiger partial charge in [0.2, 0.25) is 0 Å². The maximum atomic E-state index is 13.2. The highest BCUT2D eigenvalue weighted by molar-refractivity contribution is 5.22. The number of allylic oxidation sites excluding steroid dienone is 4. The summed E-state index contributed by atoms with van der Waals surface area (Å²) < 4.78 is 63.2. The molecule has 0 nitrogen and oxygen atoms in total. The lowest BCUT2D eigenvalue weighted by Crippen LogP contribution is -2.52. The zero-order valence-electron chi connectivity index (χ0n) is 8.28. The zero-order valence-corrected chi connectivity index (χ0v) is 8.28. The molecule has 0 heterocycles. The van der Waals surface area contributed by atoms with E-state index >= 15 is 0 Å². The highest BCUT2D eigenvalue weighted by atomic mass is 19.4. The van der Waals surface area contributed by atoms with Gasteiger partial charge in [0.25, 0.3) is 0 Å². The molecule has 0 radical (unpaired) electrons. The summed E-state index contributed by atoms with van der Waals surface area (Å²) in [5.74, 6) is -5.58. The van der Waals surface area contributed by atoms with E-state index in [-0.39, 0.29) is 0 Å². The molecule has 0 saturated heterocycles. The third kappa shape index (κ3) is 1.68. The smallest absolute Gasteiger partial charge is 0.195 e. The molecule has 1 rings (SSSR count). The van der Waals surface area contributed by atoms with Gasteiger partial charge < -0.3 is 0 Å². The van der Waals surface area contributed by atoms with Gasteiger partial charge in [-0.2, -0.15) is 22.0 Å². The van der Waals surface area contributed by atoms with Gasteiger partial charge in [0.15, 0.2) is 0 Å². The van der Waals surface area contributed by atoms with E-state index in [1.807, 2.05) is 0 Å². The van der Waals surface area contributed by atoms with Crippen LogP contribution in [-0.2, 0) is 0 Å². The van der Waals surface area contributed by atoms with Gasteiger partial charge in [-0.25, -0.2) is 0 Å². The Balaban J connectivity index is 3.16. The standard InChI is InChI=1S/C10H11F5/c1-7-5-3-4-6-8(7,2)9(11,12)10(13,14)15/h3-7H,1-2H3. The van der Waals surface area contributed by atoms with Gasteiger partial charge in [-0.05, 0) is 12.8 Å². The van der Waals surface area contributed by atoms with Crippen molar-refractivity contribution >= 4 is 0 Å². The fourth-order valence-electron chi connectivity index (χ4n) is 1.53. The van der Waals surface area contributed by atoms with E-state index < -0.39 is 23.4 Å². The van der Waals surface area contributed by atoms with Gasteiger partial charge in [0, 0.05) is 0 Å². The van der Waals surface area contributed by atoms with Gasteiger partial charge in [-0.1, -0.05) is 31.2 Å². The van der Waals surface area contributed by atoms with Crippen LogP contribution in [0.25, 0.3) is 0 Å². The minimum absolute atomic E-state index is 0.862. The third-order valence-electron chi connectivity index (χ3n) is 2.93. The summed E-state index contributed by atoms with van der Waals surface area (Å²) in [6.07, 6.45) is -0.561. The topological polar surface area (TPSA) is 0 Å². The van der Waals surface area contributed by atoms with Crippen LogP contribution < -0.4 is 0 Å². The van der Waals surface area contributed by atoms with Crippen molar-refractivity contribution in [2.45, 2.75) is 25.9 Å². The fourth-order valence-corrected chi connectivity index (χ4v) is 1.53. The average Bonchev–Trinajstić information content (AvgIpc) is 2.08. The molecule has 0 fully saturated rings. The van der Waals surface area contributed by atoms with Crippen LogP contribution in [0, 0.1) is 11.3 Å². The molecule has 15 heavy (non-hydrogen) atoms. The average molecular weight is 226 g/mol. The second-order valence-corrected chi connectivity index (χ2v) is 3.89. The molecular formula is C10H11F5. The van der Waals surface area contributed by atoms with Crippen molar-refractivity contribution in [1.82, 2.24) is 0 Å². The van der Waals surface area contributed by atoms with Crippen LogP contribution in [0.1, 0.15) is 13.8 Å². The Bertz CT molecular complexity index is 299. The quantitative estimate of drug-likeness (QED) is 0.594. The van der Waals surface area contributed by atoms with Crippen LogP contribution in [0.3, 0.4) is 0 Å². The van der Waals surface area contributed by atoms with Crippen molar-refractivity contribution in [3.63, 3.8) is 0 Å². The van der Waals surface area contributed by atoms with Crippen LogP contribution in [-0.4, -0.2) is 12.1 Å². The van der Waals surface area contributed by atoms with E-state index in [9.17, 15) is 22.0 Å². The molecule has 0 aliphatic heterocycles. The minimum Gasteiger partial charge on any atom is -0.195 e. The molecule has 2 unspecified atom stereocenters. The maximum absolute atomic E-state index is 13.2. The van der Waals surface area contributed by atoms with Gasteiger partial charge >= 0.3 is 12.1 Å². The summed E-state index contributed by atoms with van der Waals surface area (Å²) in [4.78, 5) is 0. The van der Waals surface area contributed by atoms with Crippen molar-refractivity contribution in [3.05, 3.63) is 24.3 Å². The van der Waals surface area contributed by atoms with E-state index in [1.165, 1.54) is 25.2 Å². The van der Waals surface area contributed by atoms with Crippen LogP contribution >= 0.6 is 0 Å². The molecule has 2 atom stereocenters. The number of hydrogen-bond donors (Lipinski definition) is 0. The monoisotopic (exact) mass is 226 g/mol. The Kier molecular flexibility index (Phi) is 2.70. The molecule has 0 aromatic rings. The Labute approximate surface area is 84.5 Å². The molecule has 5 heteroatoms. The highest BCUT2D eigenvalue weighted by Gasteiger charge is 2.68. The lowest BCUT2D eigenvalue weighted by atomic mass is 9.70. The van der Waals surface area contributed by atoms with Gasteiger partial charge in [0.1, 0.15) is 0 Å². The Hall–Kier alpha value is -0.870. The SMILES string of the molecule is CC1C=CC=CC1(C)C(F)(F)C(F)(F)F. The summed E-state index contributed by atoms with van der Waals surface area (Å²) in [6, 6.07) is 0. The molecule has 1 aliphatic rings. The number of rotatable bonds is 1. The Morgan fingerprint density at radius 2 is 1.60 bits per heavy atom. The molecule has 0 bridgehead atoms. The first-order valence-electron chi connectivity index (χ1n) is 4.43. The molecule has 0 aromatic carbocycles. The van der Waals surface area contributed by atoms with E-state index in [2.05, 4.69) is 0 Å². The predicted octanol–water partition coefficient (Wildman–Crippen LogP) is 3.95. The molecule has 1 aliphatic carbocycles. The first-order valence-corrected chi connectivity index (χ1v) is 4.43. The predicted molar refractivity (Wildman–Crippen MR) is 46.6 cm³/mol. The summed E-state index contributed by atoms with van der Waals surface area (Å²) >= 11 is 0. The van der Waals surface area contributed by atoms with Crippen LogP contribution in [0.15, 0.2) is 24.3 Å². The van der Waals surface area contributed by atoms with Crippen molar-refractivity contribution in [1.29, 1.82) is 0 Å². The highest BCUT2D eigenvalue weighted by Crippen LogP contribution is 2.53. The molecule has 0 amide bonds. The van der Waals surface area contributed by atoms with Crippen LogP contribution in [0.5, 0.6) is 0 Å². The largest absolute Gasteiger partial charge is 0.454 e. The van der Waals surface area contributed by atoms with E-state index in [1.54, 1.807) is 0 Å². The summed E-state index contributed by atoms with van der Waals surface area (Å²) in [7, 11) is 0. The van der Waals surface area contributed by atoms with Crippen molar-refractivity contribution in [2.24, 2.45) is 11.3 Å². The molecule has 0 aromatic heterocycles. The molecular weight excluding hydrogens is 215 g/mol. The lowest BCUT2D eigenvalue weighted by molar-refractivity contribution is -0.320. The third-order valence-corrected chi connectivity index (χ3v) is 2.93. The molecule has 0 N–H and O–H groups in total. The van der Waals surface area contributed by atoms with Crippen LogP contribution in [0.4, 0.5) is 22.0 Å². The molecule has 0 spiro atoms. The Morgan fingerprint density at radius 1 is 1.07 bits per heavy atom. The van der Waals surface area contributed by atoms with Gasteiger partial charge in [-0.15, -0.1) is 0 Å². The second kappa shape index (κ2) is 3.32. The minimum atomic E-state index is -5.52. The van der Waals surface area contributed by atoms with Crippen LogP contribution in [0.2, 0.25) is 0 Å². The normalized spacial score (nSPS) is 32.1. The summed E-state index contributed by atoms with van der Waals surface area (Å²) in [6.45, 7) is 2.27. The number of alkyl halides is 5. The molecule has 86 valence electrons. The van der Waals surface area contributed by atoms with Crippen molar-refractivity contribution in [2.75, 3.05) is 0 Å². The Morgan fingerprint density at radius 3 is 2.00 bits per heavy atom. The lowest BCUT2D eigenvalue weighted by Gasteiger charge is -2.40. The van der Waals surface area contributed by atoms with E-state index in [4.69, 9.17) is 0 Å². The van der Waals surface area contributed by atoms with Crippen molar-refractivity contribution in [3.8, 4) is 0 Å². The zero-order chi connectivity index (χ0) is 11.9. The summed E-state index contributed by atoms with van der Waals surface area (Å²) in [5.41, 5.74) is -2.21. The second-order valence-electron chi connectivity index (χ2n) is 3.89. The van der Waals surface area contributed by atoms with Gasteiger partial charge in [-0.3, -0.25) is 0 Å². The van der Waals surface area contributed by atoms with Crippen molar-refractivity contribution < 1.29 is 22.0 Å². The van der Waals surface area contributed by atoms with Gasteiger partial charge in [0.05, 0.1) is 5.41 Å². The van der Waals surface area contributed by atoms with E-state index in [0.29, 0.717) is 0 Å².